The molecule has 0 aliphatic heterocycles. The molecule has 2 N–H and O–H groups in total. The lowest BCUT2D eigenvalue weighted by Crippen LogP contribution is -2.18. The molecule has 1 aromatic carbocycles. The summed E-state index contributed by atoms with van der Waals surface area (Å²) in [5.74, 6) is 0.814. The molecular formula is C12H15BrN4S. The van der Waals surface area contributed by atoms with Crippen LogP contribution in [-0.4, -0.2) is 20.7 Å². The second-order valence-corrected chi connectivity index (χ2v) is 5.86. The van der Waals surface area contributed by atoms with Gasteiger partial charge in [-0.05, 0) is 31.2 Å². The van der Waals surface area contributed by atoms with Gasteiger partial charge in [-0.15, -0.1) is 16.9 Å². The fraction of sp³-hybridized carbons (Fsp3) is 0.333. The summed E-state index contributed by atoms with van der Waals surface area (Å²) in [6.45, 7) is 2.83. The average Bonchev–Trinajstić information content (AvgIpc) is 2.86. The summed E-state index contributed by atoms with van der Waals surface area (Å²) < 4.78 is 2.93. The Morgan fingerprint density at radius 1 is 1.39 bits per heavy atom. The van der Waals surface area contributed by atoms with E-state index in [1.807, 2.05) is 23.7 Å². The van der Waals surface area contributed by atoms with Crippen molar-refractivity contribution >= 4 is 27.7 Å². The topological polar surface area (TPSA) is 56.7 Å². The van der Waals surface area contributed by atoms with Crippen LogP contribution in [0.5, 0.6) is 0 Å². The molecule has 0 saturated heterocycles. The zero-order valence-corrected chi connectivity index (χ0v) is 12.5. The predicted molar refractivity (Wildman–Crippen MR) is 77.5 cm³/mol. The van der Waals surface area contributed by atoms with Crippen molar-refractivity contribution in [3.05, 3.63) is 40.6 Å². The molecule has 96 valence electrons. The van der Waals surface area contributed by atoms with Crippen molar-refractivity contribution in [1.29, 1.82) is 0 Å². The molecule has 0 radical (unpaired) electrons. The quantitative estimate of drug-likeness (QED) is 0.858. The summed E-state index contributed by atoms with van der Waals surface area (Å²) in [4.78, 5) is 1.21. The van der Waals surface area contributed by atoms with Crippen molar-refractivity contribution in [3.63, 3.8) is 0 Å². The summed E-state index contributed by atoms with van der Waals surface area (Å²) in [5.41, 5.74) is 7.15. The summed E-state index contributed by atoms with van der Waals surface area (Å²) in [7, 11) is 0. The van der Waals surface area contributed by atoms with Crippen LogP contribution in [0.4, 0.5) is 0 Å². The van der Waals surface area contributed by atoms with Crippen molar-refractivity contribution in [1.82, 2.24) is 15.0 Å². The van der Waals surface area contributed by atoms with Crippen LogP contribution in [0.1, 0.15) is 18.7 Å². The largest absolute Gasteiger partial charge is 0.322 e. The SMILES string of the molecule is CCn1nncc1C(N)CSc1ccc(Br)cc1. The second kappa shape index (κ2) is 6.36. The number of rotatable bonds is 5. The van der Waals surface area contributed by atoms with Crippen molar-refractivity contribution in [2.45, 2.75) is 24.4 Å². The maximum Gasteiger partial charge on any atom is 0.0762 e. The Bertz CT molecular complexity index is 497. The van der Waals surface area contributed by atoms with Crippen molar-refractivity contribution < 1.29 is 0 Å². The van der Waals surface area contributed by atoms with Crippen LogP contribution in [0.3, 0.4) is 0 Å². The number of halogens is 1. The Kier molecular flexibility index (Phi) is 4.79. The van der Waals surface area contributed by atoms with E-state index in [1.54, 1.807) is 18.0 Å². The number of nitrogens with two attached hydrogens (primary N) is 1. The molecule has 2 rings (SSSR count). The average molecular weight is 327 g/mol. The molecule has 0 bridgehead atoms. The first kappa shape index (κ1) is 13.6. The maximum absolute atomic E-state index is 6.16. The Labute approximate surface area is 119 Å². The third-order valence-electron chi connectivity index (χ3n) is 2.57. The van der Waals surface area contributed by atoms with Gasteiger partial charge in [-0.3, -0.25) is 0 Å². The van der Waals surface area contributed by atoms with E-state index in [1.165, 1.54) is 4.90 Å². The molecule has 18 heavy (non-hydrogen) atoms. The lowest BCUT2D eigenvalue weighted by Gasteiger charge is -2.11. The number of aryl methyl sites for hydroxylation is 1. The smallest absolute Gasteiger partial charge is 0.0762 e. The highest BCUT2D eigenvalue weighted by Gasteiger charge is 2.12. The Balaban J connectivity index is 1.96. The van der Waals surface area contributed by atoms with Gasteiger partial charge in [0.25, 0.3) is 0 Å². The highest BCUT2D eigenvalue weighted by atomic mass is 79.9. The molecule has 1 heterocycles. The molecule has 6 heteroatoms. The van der Waals surface area contributed by atoms with Crippen LogP contribution >= 0.6 is 27.7 Å². The normalized spacial score (nSPS) is 12.6. The number of aromatic nitrogens is 3. The monoisotopic (exact) mass is 326 g/mol. The predicted octanol–water partition coefficient (Wildman–Crippen LogP) is 2.85. The van der Waals surface area contributed by atoms with Crippen LogP contribution in [0.2, 0.25) is 0 Å². The number of nitrogens with zero attached hydrogens (tertiary/aromatic N) is 3. The van der Waals surface area contributed by atoms with E-state index in [0.29, 0.717) is 0 Å². The van der Waals surface area contributed by atoms with Gasteiger partial charge in [-0.2, -0.15) is 0 Å². The molecule has 0 aliphatic carbocycles. The van der Waals surface area contributed by atoms with Gasteiger partial charge in [0.15, 0.2) is 0 Å². The van der Waals surface area contributed by atoms with Gasteiger partial charge < -0.3 is 5.73 Å². The molecule has 0 aliphatic rings. The minimum Gasteiger partial charge on any atom is -0.322 e. The van der Waals surface area contributed by atoms with Crippen molar-refractivity contribution in [3.8, 4) is 0 Å². The number of hydrogen-bond donors (Lipinski definition) is 1. The van der Waals surface area contributed by atoms with Gasteiger partial charge in [-0.25, -0.2) is 4.68 Å². The fourth-order valence-electron chi connectivity index (χ4n) is 1.60. The number of benzene rings is 1. The number of hydrogen-bond acceptors (Lipinski definition) is 4. The van der Waals surface area contributed by atoms with E-state index in [0.717, 1.165) is 22.5 Å². The molecule has 0 spiro atoms. The van der Waals surface area contributed by atoms with Crippen LogP contribution in [0, 0.1) is 0 Å². The molecule has 2 aromatic rings. The first-order valence-corrected chi connectivity index (χ1v) is 7.51. The summed E-state index contributed by atoms with van der Waals surface area (Å²) in [6.07, 6.45) is 1.75. The van der Waals surface area contributed by atoms with Gasteiger partial charge >= 0.3 is 0 Å². The Hall–Kier alpha value is -0.850. The lowest BCUT2D eigenvalue weighted by atomic mass is 10.3. The maximum atomic E-state index is 6.16. The molecule has 4 nitrogen and oxygen atoms in total. The van der Waals surface area contributed by atoms with E-state index in [4.69, 9.17) is 5.73 Å². The summed E-state index contributed by atoms with van der Waals surface area (Å²) in [5, 5.41) is 7.89. The molecule has 0 fully saturated rings. The van der Waals surface area contributed by atoms with Gasteiger partial charge in [-0.1, -0.05) is 21.1 Å². The van der Waals surface area contributed by atoms with Crippen LogP contribution in [-0.2, 0) is 6.54 Å². The zero-order chi connectivity index (χ0) is 13.0. The summed E-state index contributed by atoms with van der Waals surface area (Å²) in [6, 6.07) is 8.18. The molecule has 1 atom stereocenters. The molecule has 1 aromatic heterocycles. The van der Waals surface area contributed by atoms with Gasteiger partial charge in [0.2, 0.25) is 0 Å². The Morgan fingerprint density at radius 2 is 2.11 bits per heavy atom. The molecule has 0 saturated carbocycles. The highest BCUT2D eigenvalue weighted by molar-refractivity contribution is 9.10. The molecule has 1 unspecified atom stereocenters. The molecule has 0 amide bonds. The van der Waals surface area contributed by atoms with Crippen LogP contribution in [0.15, 0.2) is 39.8 Å². The van der Waals surface area contributed by atoms with E-state index in [2.05, 4.69) is 38.4 Å². The van der Waals surface area contributed by atoms with E-state index in [9.17, 15) is 0 Å². The van der Waals surface area contributed by atoms with Crippen LogP contribution < -0.4 is 5.73 Å². The van der Waals surface area contributed by atoms with E-state index < -0.39 is 0 Å². The minimum atomic E-state index is -0.0476. The van der Waals surface area contributed by atoms with Crippen LogP contribution in [0.25, 0.3) is 0 Å². The second-order valence-electron chi connectivity index (χ2n) is 3.85. The van der Waals surface area contributed by atoms with E-state index in [-0.39, 0.29) is 6.04 Å². The van der Waals surface area contributed by atoms with Gasteiger partial charge in [0, 0.05) is 21.7 Å². The minimum absolute atomic E-state index is 0.0476. The zero-order valence-electron chi connectivity index (χ0n) is 10.1. The standard InChI is InChI=1S/C12H15BrN4S/c1-2-17-12(7-15-16-17)11(14)8-18-10-5-3-9(13)4-6-10/h3-7,11H,2,8,14H2,1H3. The highest BCUT2D eigenvalue weighted by Crippen LogP contribution is 2.24. The first-order chi connectivity index (χ1) is 8.70. The Morgan fingerprint density at radius 3 is 2.78 bits per heavy atom. The van der Waals surface area contributed by atoms with Crippen molar-refractivity contribution in [2.24, 2.45) is 5.73 Å². The number of thioether (sulfide) groups is 1. The van der Waals surface area contributed by atoms with Gasteiger partial charge in [0.05, 0.1) is 17.9 Å². The first-order valence-electron chi connectivity index (χ1n) is 5.73. The third-order valence-corrected chi connectivity index (χ3v) is 4.23. The lowest BCUT2D eigenvalue weighted by molar-refractivity contribution is 0.575. The third kappa shape index (κ3) is 3.34. The fourth-order valence-corrected chi connectivity index (χ4v) is 2.74. The van der Waals surface area contributed by atoms with Gasteiger partial charge in [0.1, 0.15) is 0 Å². The van der Waals surface area contributed by atoms with E-state index >= 15 is 0 Å². The van der Waals surface area contributed by atoms with Crippen molar-refractivity contribution in [2.75, 3.05) is 5.75 Å². The molecular weight excluding hydrogens is 312 g/mol. The summed E-state index contributed by atoms with van der Waals surface area (Å²) >= 11 is 5.16.